The fourth-order valence-electron chi connectivity index (χ4n) is 0.587. The van der Waals surface area contributed by atoms with Crippen LogP contribution in [0.1, 0.15) is 10.5 Å². The number of amides is 1. The summed E-state index contributed by atoms with van der Waals surface area (Å²) >= 11 is 0. The summed E-state index contributed by atoms with van der Waals surface area (Å²) in [6, 6.07) is 1.17. The van der Waals surface area contributed by atoms with Gasteiger partial charge in [-0.25, -0.2) is 0 Å². The number of carbonyl (C=O) groups is 1. The zero-order chi connectivity index (χ0) is 9.14. The van der Waals surface area contributed by atoms with Gasteiger partial charge in [0.25, 0.3) is 5.91 Å². The maximum absolute atomic E-state index is 11.7. The van der Waals surface area contributed by atoms with E-state index in [2.05, 4.69) is 10.2 Å². The van der Waals surface area contributed by atoms with Crippen LogP contribution in [0.2, 0.25) is 0 Å². The number of hydrogen-bond acceptors (Lipinski definition) is 3. The van der Waals surface area contributed by atoms with Crippen molar-refractivity contribution in [1.82, 2.24) is 15.3 Å². The maximum atomic E-state index is 11.7. The van der Waals surface area contributed by atoms with Gasteiger partial charge in [0.1, 0.15) is 5.69 Å². The first kappa shape index (κ1) is 8.60. The molecule has 12 heavy (non-hydrogen) atoms. The molecular formula is C5H5F2N3O2. The van der Waals surface area contributed by atoms with Crippen LogP contribution >= 0.6 is 0 Å². The van der Waals surface area contributed by atoms with Crippen molar-refractivity contribution in [3.8, 4) is 0 Å². The lowest BCUT2D eigenvalue weighted by Gasteiger charge is -2.10. The minimum absolute atomic E-state index is 0.196. The maximum Gasteiger partial charge on any atom is 0.339 e. The largest absolute Gasteiger partial charge is 0.339 e. The summed E-state index contributed by atoms with van der Waals surface area (Å²) in [7, 11) is 0. The molecule has 0 aliphatic heterocycles. The Hall–Kier alpha value is -1.50. The Kier molecular flexibility index (Phi) is 2.34. The Labute approximate surface area is 65.6 Å². The second-order valence-corrected chi connectivity index (χ2v) is 1.90. The molecule has 0 saturated carbocycles. The number of hydroxylamine groups is 2. The van der Waals surface area contributed by atoms with Crippen molar-refractivity contribution in [3.63, 3.8) is 0 Å². The molecule has 0 aromatic carbocycles. The highest BCUT2D eigenvalue weighted by Gasteiger charge is 2.22. The molecule has 2 N–H and O–H groups in total. The van der Waals surface area contributed by atoms with E-state index in [1.54, 1.807) is 0 Å². The molecule has 7 heteroatoms. The van der Waals surface area contributed by atoms with E-state index in [-0.39, 0.29) is 5.69 Å². The van der Waals surface area contributed by atoms with Crippen LogP contribution in [0.3, 0.4) is 0 Å². The van der Waals surface area contributed by atoms with Crippen molar-refractivity contribution in [2.45, 2.75) is 6.55 Å². The second-order valence-electron chi connectivity index (χ2n) is 1.90. The summed E-state index contributed by atoms with van der Waals surface area (Å²) in [5.74, 6) is -1.22. The third-order valence-electron chi connectivity index (χ3n) is 1.12. The average molecular weight is 177 g/mol. The minimum Gasteiger partial charge on any atom is -0.281 e. The van der Waals surface area contributed by atoms with Crippen LogP contribution in [-0.2, 0) is 0 Å². The molecule has 0 fully saturated rings. The molecule has 0 aliphatic rings. The van der Waals surface area contributed by atoms with E-state index < -0.39 is 17.5 Å². The normalized spacial score (nSPS) is 10.3. The Morgan fingerprint density at radius 2 is 2.42 bits per heavy atom. The van der Waals surface area contributed by atoms with Gasteiger partial charge in [0.2, 0.25) is 0 Å². The monoisotopic (exact) mass is 177 g/mol. The van der Waals surface area contributed by atoms with Gasteiger partial charge in [-0.15, -0.1) is 0 Å². The molecule has 1 aromatic rings. The highest BCUT2D eigenvalue weighted by atomic mass is 19.3. The van der Waals surface area contributed by atoms with E-state index >= 15 is 0 Å². The van der Waals surface area contributed by atoms with E-state index in [1.165, 1.54) is 12.3 Å². The van der Waals surface area contributed by atoms with Gasteiger partial charge < -0.3 is 0 Å². The van der Waals surface area contributed by atoms with Gasteiger partial charge in [-0.2, -0.15) is 18.9 Å². The number of hydrogen-bond donors (Lipinski definition) is 2. The molecular weight excluding hydrogens is 172 g/mol. The summed E-state index contributed by atoms with van der Waals surface area (Å²) in [6.45, 7) is -3.24. The topological polar surface area (TPSA) is 69.2 Å². The fraction of sp³-hybridized carbons (Fsp3) is 0.200. The molecule has 0 radical (unpaired) electrons. The number of nitrogens with zero attached hydrogens (tertiary/aromatic N) is 2. The van der Waals surface area contributed by atoms with Gasteiger partial charge in [0, 0.05) is 6.20 Å². The third-order valence-corrected chi connectivity index (χ3v) is 1.12. The zero-order valence-electron chi connectivity index (χ0n) is 5.74. The summed E-state index contributed by atoms with van der Waals surface area (Å²) in [5, 5.41) is 13.3. The van der Waals surface area contributed by atoms with Gasteiger partial charge in [-0.1, -0.05) is 0 Å². The molecule has 1 aromatic heterocycles. The lowest BCUT2D eigenvalue weighted by atomic mass is 10.4. The predicted molar refractivity (Wildman–Crippen MR) is 32.5 cm³/mol. The summed E-state index contributed by atoms with van der Waals surface area (Å²) in [5.41, 5.74) is -0.196. The van der Waals surface area contributed by atoms with Crippen LogP contribution in [0.5, 0.6) is 0 Å². The number of nitrogens with one attached hydrogen (secondary N) is 1. The molecule has 0 unspecified atom stereocenters. The first-order valence-corrected chi connectivity index (χ1v) is 2.93. The predicted octanol–water partition coefficient (Wildman–Crippen LogP) is 0.464. The van der Waals surface area contributed by atoms with E-state index in [0.29, 0.717) is 0 Å². The first-order valence-electron chi connectivity index (χ1n) is 2.93. The third kappa shape index (κ3) is 1.56. The van der Waals surface area contributed by atoms with Crippen molar-refractivity contribution in [2.24, 2.45) is 0 Å². The first-order chi connectivity index (χ1) is 5.63. The van der Waals surface area contributed by atoms with Gasteiger partial charge in [-0.3, -0.25) is 15.1 Å². The molecule has 66 valence electrons. The van der Waals surface area contributed by atoms with Crippen LogP contribution in [0.4, 0.5) is 8.78 Å². The Morgan fingerprint density at radius 1 is 1.75 bits per heavy atom. The van der Waals surface area contributed by atoms with Crippen LogP contribution in [0.15, 0.2) is 12.3 Å². The van der Waals surface area contributed by atoms with E-state index in [9.17, 15) is 13.6 Å². The van der Waals surface area contributed by atoms with E-state index in [1.807, 2.05) is 0 Å². The van der Waals surface area contributed by atoms with Crippen molar-refractivity contribution >= 4 is 5.91 Å². The van der Waals surface area contributed by atoms with Crippen LogP contribution in [0, 0.1) is 0 Å². The van der Waals surface area contributed by atoms with E-state index in [4.69, 9.17) is 5.21 Å². The lowest BCUT2D eigenvalue weighted by Crippen LogP contribution is -2.32. The van der Waals surface area contributed by atoms with Crippen molar-refractivity contribution in [2.75, 3.05) is 0 Å². The lowest BCUT2D eigenvalue weighted by molar-refractivity contribution is -0.176. The zero-order valence-corrected chi connectivity index (χ0v) is 5.74. The summed E-state index contributed by atoms with van der Waals surface area (Å²) in [6.07, 6.45) is 1.21. The van der Waals surface area contributed by atoms with Crippen LogP contribution < -0.4 is 0 Å². The number of alkyl halides is 2. The summed E-state index contributed by atoms with van der Waals surface area (Å²) in [4.78, 5) is 10.8. The highest BCUT2D eigenvalue weighted by Crippen LogP contribution is 2.04. The standard InChI is InChI=1S/C5H5F2N3O2/c6-5(7)10(12)4(11)3-1-2-8-9-3/h1-2,5,12H,(H,8,9). The van der Waals surface area contributed by atoms with Crippen molar-refractivity contribution in [3.05, 3.63) is 18.0 Å². The number of aromatic amines is 1. The summed E-state index contributed by atoms with van der Waals surface area (Å²) < 4.78 is 23.4. The molecule has 0 atom stereocenters. The highest BCUT2D eigenvalue weighted by molar-refractivity contribution is 5.91. The van der Waals surface area contributed by atoms with Crippen molar-refractivity contribution < 1.29 is 18.8 Å². The van der Waals surface area contributed by atoms with Crippen molar-refractivity contribution in [1.29, 1.82) is 0 Å². The van der Waals surface area contributed by atoms with Crippen LogP contribution in [0.25, 0.3) is 0 Å². The Morgan fingerprint density at radius 3 is 2.83 bits per heavy atom. The smallest absolute Gasteiger partial charge is 0.281 e. The minimum atomic E-state index is -3.24. The second kappa shape index (κ2) is 3.26. The number of H-pyrrole nitrogens is 1. The molecule has 1 rings (SSSR count). The SMILES string of the molecule is O=C(c1ccn[nH]1)N(O)C(F)F. The molecule has 1 amide bonds. The molecule has 0 spiro atoms. The van der Waals surface area contributed by atoms with Gasteiger partial charge >= 0.3 is 6.55 Å². The molecule has 0 saturated heterocycles. The number of rotatable bonds is 2. The Balaban J connectivity index is 2.72. The van der Waals surface area contributed by atoms with Crippen LogP contribution in [-0.4, -0.2) is 32.9 Å². The molecule has 0 aliphatic carbocycles. The number of halogens is 2. The molecule has 5 nitrogen and oxygen atoms in total. The Bertz CT molecular complexity index is 262. The number of carbonyl (C=O) groups excluding carboxylic acids is 1. The molecule has 0 bridgehead atoms. The van der Waals surface area contributed by atoms with Gasteiger partial charge in [0.15, 0.2) is 0 Å². The quantitative estimate of drug-likeness (QED) is 0.391. The van der Waals surface area contributed by atoms with E-state index in [0.717, 1.165) is 0 Å². The molecule has 1 heterocycles. The average Bonchev–Trinajstić information content (AvgIpc) is 2.53. The van der Waals surface area contributed by atoms with Gasteiger partial charge in [-0.05, 0) is 6.07 Å². The number of aromatic nitrogens is 2. The fourth-order valence-corrected chi connectivity index (χ4v) is 0.587. The van der Waals surface area contributed by atoms with Gasteiger partial charge in [0.05, 0.1) is 0 Å².